The van der Waals surface area contributed by atoms with E-state index < -0.39 is 0 Å². The maximum absolute atomic E-state index is 12.7. The van der Waals surface area contributed by atoms with Gasteiger partial charge in [0, 0.05) is 23.6 Å². The molecule has 0 bridgehead atoms. The molecule has 1 aromatic carbocycles. The average molecular weight is 343 g/mol. The molecule has 0 aliphatic rings. The Hall–Kier alpha value is -3.54. The van der Waals surface area contributed by atoms with Crippen LogP contribution in [0.1, 0.15) is 11.1 Å². The summed E-state index contributed by atoms with van der Waals surface area (Å²) in [5.41, 5.74) is 4.77. The zero-order chi connectivity index (χ0) is 18.1. The second kappa shape index (κ2) is 6.40. The molecule has 4 rings (SSSR count). The number of H-pyrrole nitrogens is 1. The maximum atomic E-state index is 12.7. The summed E-state index contributed by atoms with van der Waals surface area (Å²) < 4.78 is 0. The molecule has 2 N–H and O–H groups in total. The number of aromatic amines is 1. The number of aryl methyl sites for hydroxylation is 2. The monoisotopic (exact) mass is 343 g/mol. The third-order valence-electron chi connectivity index (χ3n) is 4.32. The molecule has 0 spiro atoms. The number of hydrogen-bond donors (Lipinski definition) is 2. The van der Waals surface area contributed by atoms with Gasteiger partial charge in [0.05, 0.1) is 11.1 Å². The number of aromatic nitrogens is 4. The molecule has 26 heavy (non-hydrogen) atoms. The van der Waals surface area contributed by atoms with E-state index in [0.29, 0.717) is 28.2 Å². The summed E-state index contributed by atoms with van der Waals surface area (Å²) in [6.45, 7) is 4.09. The fourth-order valence-electron chi connectivity index (χ4n) is 2.81. The van der Waals surface area contributed by atoms with Crippen LogP contribution < -0.4 is 10.9 Å². The molecule has 0 radical (unpaired) electrons. The highest BCUT2D eigenvalue weighted by atomic mass is 16.1. The van der Waals surface area contributed by atoms with Crippen molar-refractivity contribution in [3.8, 4) is 11.3 Å². The van der Waals surface area contributed by atoms with Crippen molar-refractivity contribution >= 4 is 22.7 Å². The van der Waals surface area contributed by atoms with Crippen LogP contribution in [0.25, 0.3) is 22.3 Å². The Morgan fingerprint density at radius 3 is 2.62 bits per heavy atom. The van der Waals surface area contributed by atoms with Crippen LogP contribution in [0.15, 0.2) is 59.7 Å². The maximum Gasteiger partial charge on any atom is 0.262 e. The molecule has 4 aromatic rings. The molecule has 0 saturated heterocycles. The molecule has 0 saturated carbocycles. The first-order valence-corrected chi connectivity index (χ1v) is 8.26. The minimum Gasteiger partial charge on any atom is -0.326 e. The molecule has 6 nitrogen and oxygen atoms in total. The van der Waals surface area contributed by atoms with E-state index in [0.717, 1.165) is 11.3 Å². The molecule has 0 fully saturated rings. The summed E-state index contributed by atoms with van der Waals surface area (Å²) in [5.74, 6) is 0.358. The number of hydrogen-bond acceptors (Lipinski definition) is 5. The smallest absolute Gasteiger partial charge is 0.262 e. The number of anilines is 2. The van der Waals surface area contributed by atoms with Crippen LogP contribution >= 0.6 is 0 Å². The number of fused-ring (bicyclic) bond motifs is 1. The molecule has 0 amide bonds. The average Bonchev–Trinajstić information content (AvgIpc) is 2.65. The van der Waals surface area contributed by atoms with E-state index in [1.165, 1.54) is 5.56 Å². The van der Waals surface area contributed by atoms with Gasteiger partial charge in [-0.25, -0.2) is 4.98 Å². The number of rotatable bonds is 3. The molecule has 6 heteroatoms. The molecule has 0 aliphatic carbocycles. The van der Waals surface area contributed by atoms with Gasteiger partial charge in [0.1, 0.15) is 0 Å². The van der Waals surface area contributed by atoms with Crippen molar-refractivity contribution in [3.05, 3.63) is 76.3 Å². The van der Waals surface area contributed by atoms with E-state index >= 15 is 0 Å². The second-order valence-corrected chi connectivity index (χ2v) is 6.11. The lowest BCUT2D eigenvalue weighted by atomic mass is 10.1. The predicted molar refractivity (Wildman–Crippen MR) is 103 cm³/mol. The molecule has 3 aromatic heterocycles. The van der Waals surface area contributed by atoms with Gasteiger partial charge in [0.15, 0.2) is 5.65 Å². The fourth-order valence-corrected chi connectivity index (χ4v) is 2.81. The first-order valence-electron chi connectivity index (χ1n) is 8.26. The topological polar surface area (TPSA) is 83.6 Å². The SMILES string of the molecule is Cc1ccc(Nc2nc3nccc(-c4ccccn4)c3c(=O)[nH]2)cc1C. The van der Waals surface area contributed by atoms with E-state index in [2.05, 4.69) is 32.2 Å². The van der Waals surface area contributed by atoms with Crippen LogP contribution in [0.2, 0.25) is 0 Å². The molecule has 3 heterocycles. The van der Waals surface area contributed by atoms with E-state index in [9.17, 15) is 4.79 Å². The Morgan fingerprint density at radius 1 is 0.962 bits per heavy atom. The van der Waals surface area contributed by atoms with Crippen molar-refractivity contribution in [1.82, 2.24) is 19.9 Å². The normalized spacial score (nSPS) is 10.8. The zero-order valence-corrected chi connectivity index (χ0v) is 14.4. The Bertz CT molecular complexity index is 1150. The van der Waals surface area contributed by atoms with E-state index in [-0.39, 0.29) is 5.56 Å². The Balaban J connectivity index is 1.80. The van der Waals surface area contributed by atoms with Crippen molar-refractivity contribution in [2.75, 3.05) is 5.32 Å². The van der Waals surface area contributed by atoms with Gasteiger partial charge in [-0.3, -0.25) is 14.8 Å². The van der Waals surface area contributed by atoms with Crippen LogP contribution in [-0.2, 0) is 0 Å². The van der Waals surface area contributed by atoms with Gasteiger partial charge in [0.2, 0.25) is 5.95 Å². The third kappa shape index (κ3) is 2.93. The Kier molecular flexibility index (Phi) is 3.93. The largest absolute Gasteiger partial charge is 0.326 e. The quantitative estimate of drug-likeness (QED) is 0.592. The lowest BCUT2D eigenvalue weighted by molar-refractivity contribution is 1.14. The number of nitrogens with one attached hydrogen (secondary N) is 2. The van der Waals surface area contributed by atoms with Gasteiger partial charge in [-0.05, 0) is 55.3 Å². The van der Waals surface area contributed by atoms with Gasteiger partial charge < -0.3 is 5.32 Å². The van der Waals surface area contributed by atoms with Crippen molar-refractivity contribution in [2.45, 2.75) is 13.8 Å². The number of nitrogens with zero attached hydrogens (tertiary/aromatic N) is 3. The summed E-state index contributed by atoms with van der Waals surface area (Å²) >= 11 is 0. The molecule has 0 unspecified atom stereocenters. The summed E-state index contributed by atoms with van der Waals surface area (Å²) in [6.07, 6.45) is 3.33. The molecule has 128 valence electrons. The van der Waals surface area contributed by atoms with Crippen LogP contribution in [0.3, 0.4) is 0 Å². The minimum atomic E-state index is -0.255. The van der Waals surface area contributed by atoms with Gasteiger partial charge >= 0.3 is 0 Å². The highest BCUT2D eigenvalue weighted by Gasteiger charge is 2.12. The fraction of sp³-hybridized carbons (Fsp3) is 0.100. The van der Waals surface area contributed by atoms with Crippen LogP contribution in [0.4, 0.5) is 11.6 Å². The highest BCUT2D eigenvalue weighted by molar-refractivity contribution is 5.91. The van der Waals surface area contributed by atoms with E-state index in [1.54, 1.807) is 18.5 Å². The molecular weight excluding hydrogens is 326 g/mol. The summed E-state index contributed by atoms with van der Waals surface area (Å²) in [4.78, 5) is 28.6. The minimum absolute atomic E-state index is 0.255. The van der Waals surface area contributed by atoms with Crippen molar-refractivity contribution < 1.29 is 0 Å². The summed E-state index contributed by atoms with van der Waals surface area (Å²) in [5, 5.41) is 3.57. The van der Waals surface area contributed by atoms with Crippen molar-refractivity contribution in [3.63, 3.8) is 0 Å². The Morgan fingerprint density at radius 2 is 1.85 bits per heavy atom. The molecule has 0 aliphatic heterocycles. The molecule has 0 atom stereocenters. The van der Waals surface area contributed by atoms with Crippen molar-refractivity contribution in [1.29, 1.82) is 0 Å². The lowest BCUT2D eigenvalue weighted by Crippen LogP contribution is -2.13. The first-order chi connectivity index (χ1) is 12.6. The Labute approximate surface area is 150 Å². The van der Waals surface area contributed by atoms with Crippen LogP contribution in [-0.4, -0.2) is 19.9 Å². The van der Waals surface area contributed by atoms with Crippen LogP contribution in [0, 0.1) is 13.8 Å². The third-order valence-corrected chi connectivity index (χ3v) is 4.32. The second-order valence-electron chi connectivity index (χ2n) is 6.11. The van der Waals surface area contributed by atoms with E-state index in [4.69, 9.17) is 0 Å². The van der Waals surface area contributed by atoms with E-state index in [1.807, 2.05) is 43.3 Å². The van der Waals surface area contributed by atoms with Crippen molar-refractivity contribution in [2.24, 2.45) is 0 Å². The van der Waals surface area contributed by atoms with Gasteiger partial charge in [-0.1, -0.05) is 12.1 Å². The highest BCUT2D eigenvalue weighted by Crippen LogP contribution is 2.23. The van der Waals surface area contributed by atoms with Gasteiger partial charge in [0.25, 0.3) is 5.56 Å². The summed E-state index contributed by atoms with van der Waals surface area (Å²) in [6, 6.07) is 13.3. The molecular formula is C20H17N5O. The zero-order valence-electron chi connectivity index (χ0n) is 14.4. The lowest BCUT2D eigenvalue weighted by Gasteiger charge is -2.09. The summed E-state index contributed by atoms with van der Waals surface area (Å²) in [7, 11) is 0. The van der Waals surface area contributed by atoms with Gasteiger partial charge in [-0.15, -0.1) is 0 Å². The number of pyridine rings is 2. The van der Waals surface area contributed by atoms with Gasteiger partial charge in [-0.2, -0.15) is 4.98 Å². The standard InChI is InChI=1S/C20H17N5O/c1-12-6-7-14(11-13(12)2)23-20-24-18-17(19(26)25-20)15(8-10-22-18)16-5-3-4-9-21-16/h3-11H,1-2H3,(H2,22,23,24,25,26). The van der Waals surface area contributed by atoms with Crippen LogP contribution in [0.5, 0.6) is 0 Å². The predicted octanol–water partition coefficient (Wildman–Crippen LogP) is 3.74. The number of benzene rings is 1. The first kappa shape index (κ1) is 16.0.